The molecule has 1 aromatic rings. The van der Waals surface area contributed by atoms with E-state index in [-0.39, 0.29) is 19.3 Å². The molecule has 0 spiro atoms. The maximum absolute atomic E-state index is 9.54. The van der Waals surface area contributed by atoms with Gasteiger partial charge in [0.2, 0.25) is 0 Å². The summed E-state index contributed by atoms with van der Waals surface area (Å²) in [7, 11) is 0. The van der Waals surface area contributed by atoms with E-state index in [4.69, 9.17) is 11.6 Å². The molecule has 18 heavy (non-hydrogen) atoms. The van der Waals surface area contributed by atoms with Crippen LogP contribution in [-0.4, -0.2) is 29.4 Å². The molecule has 2 rings (SSSR count). The van der Waals surface area contributed by atoms with Gasteiger partial charge < -0.3 is 15.1 Å². The van der Waals surface area contributed by atoms with Crippen LogP contribution in [0.15, 0.2) is 18.2 Å². The van der Waals surface area contributed by atoms with Crippen molar-refractivity contribution in [3.63, 3.8) is 0 Å². The maximum atomic E-state index is 9.54. The summed E-state index contributed by atoms with van der Waals surface area (Å²) >= 11 is 5.96. The molecule has 1 aliphatic heterocycles. The monoisotopic (exact) mass is 269 g/mol. The number of halogens is 1. The lowest BCUT2D eigenvalue weighted by atomic mass is 10.1. The average molecular weight is 270 g/mol. The van der Waals surface area contributed by atoms with Crippen molar-refractivity contribution in [2.75, 3.05) is 18.1 Å². The standard InChI is InChI=1S/C14H20ClNO2/c15-12-5-6-14(11(8-12)9-17)16-7-3-1-2-4-13(16)10-18/h5-6,8,13,17-18H,1-4,7,9-10H2. The summed E-state index contributed by atoms with van der Waals surface area (Å²) in [6.45, 7) is 1.07. The fourth-order valence-corrected chi connectivity index (χ4v) is 2.84. The first kappa shape index (κ1) is 13.7. The molecule has 1 fully saturated rings. The molecule has 1 heterocycles. The SMILES string of the molecule is OCc1cc(Cl)ccc1N1CCCCCC1CO. The van der Waals surface area contributed by atoms with E-state index in [9.17, 15) is 10.2 Å². The second kappa shape index (κ2) is 6.41. The number of rotatable bonds is 3. The van der Waals surface area contributed by atoms with Crippen LogP contribution in [-0.2, 0) is 6.61 Å². The zero-order valence-corrected chi connectivity index (χ0v) is 11.2. The van der Waals surface area contributed by atoms with E-state index >= 15 is 0 Å². The third-order valence-corrected chi connectivity index (χ3v) is 3.84. The van der Waals surface area contributed by atoms with Crippen LogP contribution in [0.2, 0.25) is 5.02 Å². The lowest BCUT2D eigenvalue weighted by Gasteiger charge is -2.32. The number of hydrogen-bond acceptors (Lipinski definition) is 3. The Hall–Kier alpha value is -0.770. The van der Waals surface area contributed by atoms with E-state index in [1.807, 2.05) is 12.1 Å². The van der Waals surface area contributed by atoms with Gasteiger partial charge in [0.1, 0.15) is 0 Å². The van der Waals surface area contributed by atoms with Crippen molar-refractivity contribution < 1.29 is 10.2 Å². The molecule has 100 valence electrons. The minimum atomic E-state index is -0.0233. The Morgan fingerprint density at radius 2 is 2.06 bits per heavy atom. The highest BCUT2D eigenvalue weighted by molar-refractivity contribution is 6.30. The van der Waals surface area contributed by atoms with Gasteiger partial charge in [-0.1, -0.05) is 24.4 Å². The molecule has 0 aliphatic carbocycles. The van der Waals surface area contributed by atoms with Crippen molar-refractivity contribution >= 4 is 17.3 Å². The Morgan fingerprint density at radius 1 is 1.22 bits per heavy atom. The summed E-state index contributed by atoms with van der Waals surface area (Å²) in [5, 5.41) is 19.6. The Labute approximate surface area is 113 Å². The van der Waals surface area contributed by atoms with E-state index in [0.29, 0.717) is 5.02 Å². The topological polar surface area (TPSA) is 43.7 Å². The molecule has 0 amide bonds. The van der Waals surface area contributed by atoms with Gasteiger partial charge in [-0.2, -0.15) is 0 Å². The molecule has 0 bridgehead atoms. The first-order valence-corrected chi connectivity index (χ1v) is 6.91. The molecular weight excluding hydrogens is 250 g/mol. The van der Waals surface area contributed by atoms with Crippen LogP contribution in [0, 0.1) is 0 Å². The van der Waals surface area contributed by atoms with Gasteiger partial charge in [0.15, 0.2) is 0 Å². The number of benzene rings is 1. The molecule has 0 saturated carbocycles. The Kier molecular flexibility index (Phi) is 4.87. The van der Waals surface area contributed by atoms with Gasteiger partial charge >= 0.3 is 0 Å². The third-order valence-electron chi connectivity index (χ3n) is 3.61. The summed E-state index contributed by atoms with van der Waals surface area (Å²) < 4.78 is 0. The summed E-state index contributed by atoms with van der Waals surface area (Å²) in [6.07, 6.45) is 4.49. The molecule has 0 aromatic heterocycles. The van der Waals surface area contributed by atoms with Crippen molar-refractivity contribution in [1.82, 2.24) is 0 Å². The van der Waals surface area contributed by atoms with Crippen LogP contribution in [0.1, 0.15) is 31.2 Å². The molecule has 0 radical (unpaired) electrons. The largest absolute Gasteiger partial charge is 0.394 e. The molecule has 1 saturated heterocycles. The maximum Gasteiger partial charge on any atom is 0.0702 e. The molecule has 3 nitrogen and oxygen atoms in total. The molecule has 1 atom stereocenters. The highest BCUT2D eigenvalue weighted by Gasteiger charge is 2.22. The first-order chi connectivity index (χ1) is 8.76. The second-order valence-electron chi connectivity index (χ2n) is 4.81. The minimum absolute atomic E-state index is 0.0233. The van der Waals surface area contributed by atoms with E-state index < -0.39 is 0 Å². The number of nitrogens with zero attached hydrogens (tertiary/aromatic N) is 1. The van der Waals surface area contributed by atoms with E-state index in [1.165, 1.54) is 6.42 Å². The van der Waals surface area contributed by atoms with Crippen LogP contribution in [0.5, 0.6) is 0 Å². The molecule has 2 N–H and O–H groups in total. The normalized spacial score (nSPS) is 20.8. The predicted octanol–water partition coefficient (Wildman–Crippen LogP) is 2.57. The van der Waals surface area contributed by atoms with Crippen molar-refractivity contribution in [1.29, 1.82) is 0 Å². The Bertz CT molecular complexity index is 397. The fraction of sp³-hybridized carbons (Fsp3) is 0.571. The van der Waals surface area contributed by atoms with Crippen molar-refractivity contribution in [2.24, 2.45) is 0 Å². The highest BCUT2D eigenvalue weighted by atomic mass is 35.5. The minimum Gasteiger partial charge on any atom is -0.394 e. The zero-order valence-electron chi connectivity index (χ0n) is 10.5. The smallest absolute Gasteiger partial charge is 0.0702 e. The van der Waals surface area contributed by atoms with Gasteiger partial charge in [0.25, 0.3) is 0 Å². The summed E-state index contributed by atoms with van der Waals surface area (Å²) in [5.41, 5.74) is 1.84. The first-order valence-electron chi connectivity index (χ1n) is 6.53. The average Bonchev–Trinajstić information content (AvgIpc) is 2.63. The lowest BCUT2D eigenvalue weighted by Crippen LogP contribution is -2.38. The predicted molar refractivity (Wildman–Crippen MR) is 74.1 cm³/mol. The lowest BCUT2D eigenvalue weighted by molar-refractivity contribution is 0.253. The van der Waals surface area contributed by atoms with E-state index in [0.717, 1.165) is 37.1 Å². The fourth-order valence-electron chi connectivity index (χ4n) is 2.65. The number of aliphatic hydroxyl groups excluding tert-OH is 2. The number of hydrogen-bond donors (Lipinski definition) is 2. The number of anilines is 1. The van der Waals surface area contributed by atoms with Crippen molar-refractivity contribution in [3.05, 3.63) is 28.8 Å². The van der Waals surface area contributed by atoms with Gasteiger partial charge in [-0.05, 0) is 31.0 Å². The molecule has 1 unspecified atom stereocenters. The Balaban J connectivity index is 2.32. The van der Waals surface area contributed by atoms with Crippen LogP contribution in [0.3, 0.4) is 0 Å². The molecule has 4 heteroatoms. The summed E-state index contributed by atoms with van der Waals surface area (Å²) in [4.78, 5) is 2.22. The van der Waals surface area contributed by atoms with Crippen LogP contribution >= 0.6 is 11.6 Å². The van der Waals surface area contributed by atoms with Crippen LogP contribution in [0.4, 0.5) is 5.69 Å². The van der Waals surface area contributed by atoms with Gasteiger partial charge in [0, 0.05) is 22.8 Å². The molecule has 1 aromatic carbocycles. The third kappa shape index (κ3) is 2.97. The summed E-state index contributed by atoms with van der Waals surface area (Å²) in [6, 6.07) is 5.74. The van der Waals surface area contributed by atoms with Gasteiger partial charge in [0.05, 0.1) is 19.3 Å². The molecule has 1 aliphatic rings. The van der Waals surface area contributed by atoms with Gasteiger partial charge in [-0.25, -0.2) is 0 Å². The Morgan fingerprint density at radius 3 is 2.78 bits per heavy atom. The molecular formula is C14H20ClNO2. The van der Waals surface area contributed by atoms with Gasteiger partial charge in [-0.3, -0.25) is 0 Å². The second-order valence-corrected chi connectivity index (χ2v) is 5.25. The van der Waals surface area contributed by atoms with Crippen molar-refractivity contribution in [3.8, 4) is 0 Å². The van der Waals surface area contributed by atoms with Crippen LogP contribution < -0.4 is 4.90 Å². The van der Waals surface area contributed by atoms with E-state index in [1.54, 1.807) is 6.07 Å². The van der Waals surface area contributed by atoms with Crippen LogP contribution in [0.25, 0.3) is 0 Å². The number of aliphatic hydroxyl groups is 2. The highest BCUT2D eigenvalue weighted by Crippen LogP contribution is 2.29. The van der Waals surface area contributed by atoms with Gasteiger partial charge in [-0.15, -0.1) is 0 Å². The quantitative estimate of drug-likeness (QED) is 0.886. The van der Waals surface area contributed by atoms with E-state index in [2.05, 4.69) is 4.90 Å². The van der Waals surface area contributed by atoms with Crippen molar-refractivity contribution in [2.45, 2.75) is 38.3 Å². The summed E-state index contributed by atoms with van der Waals surface area (Å²) in [5.74, 6) is 0. The zero-order chi connectivity index (χ0) is 13.0.